The Morgan fingerprint density at radius 2 is 1.88 bits per heavy atom. The molecule has 0 saturated carbocycles. The molecule has 1 amide bonds. The second-order valence-corrected chi connectivity index (χ2v) is 3.18. The largest absolute Gasteiger partial charge is 0.307 e. The molecule has 0 atom stereocenters. The van der Waals surface area contributed by atoms with Crippen LogP contribution < -0.4 is 5.32 Å². The van der Waals surface area contributed by atoms with Gasteiger partial charge in [0.25, 0.3) is 5.91 Å². The minimum Gasteiger partial charge on any atom is -0.307 e. The van der Waals surface area contributed by atoms with Crippen molar-refractivity contribution in [2.24, 2.45) is 0 Å². The molecule has 0 unspecified atom stereocenters. The van der Waals surface area contributed by atoms with Gasteiger partial charge in [-0.25, -0.2) is 9.37 Å². The number of carbonyl (C=O) groups is 1. The minimum atomic E-state index is -0.433. The number of nitrogens with zero attached hydrogens (tertiary/aromatic N) is 1. The summed E-state index contributed by atoms with van der Waals surface area (Å²) in [6, 6.07) is 11.4. The molecular formula is C12H9FN2O. The Kier molecular flexibility index (Phi) is 2.91. The van der Waals surface area contributed by atoms with Gasteiger partial charge in [-0.15, -0.1) is 0 Å². The summed E-state index contributed by atoms with van der Waals surface area (Å²) >= 11 is 0. The third kappa shape index (κ3) is 2.42. The molecule has 0 spiro atoms. The Morgan fingerprint density at radius 3 is 2.50 bits per heavy atom. The Morgan fingerprint density at radius 1 is 1.12 bits per heavy atom. The smallest absolute Gasteiger partial charge is 0.256 e. The van der Waals surface area contributed by atoms with E-state index in [2.05, 4.69) is 10.3 Å². The first kappa shape index (κ1) is 10.3. The number of halogens is 1. The number of benzene rings is 1. The van der Waals surface area contributed by atoms with Gasteiger partial charge in [-0.3, -0.25) is 4.79 Å². The normalized spacial score (nSPS) is 9.81. The monoisotopic (exact) mass is 216 g/mol. The maximum atomic E-state index is 12.6. The molecule has 1 N–H and O–H groups in total. The van der Waals surface area contributed by atoms with Crippen molar-refractivity contribution >= 4 is 11.7 Å². The molecule has 2 rings (SSSR count). The van der Waals surface area contributed by atoms with E-state index in [-0.39, 0.29) is 5.91 Å². The van der Waals surface area contributed by atoms with Crippen LogP contribution in [0.2, 0.25) is 0 Å². The van der Waals surface area contributed by atoms with Gasteiger partial charge in [0.05, 0.1) is 6.20 Å². The van der Waals surface area contributed by atoms with Gasteiger partial charge in [0, 0.05) is 5.56 Å². The third-order valence-electron chi connectivity index (χ3n) is 2.00. The molecule has 1 aromatic carbocycles. The maximum Gasteiger partial charge on any atom is 0.256 e. The molecule has 0 aliphatic carbocycles. The Labute approximate surface area is 92.0 Å². The zero-order valence-corrected chi connectivity index (χ0v) is 8.35. The fraction of sp³-hybridized carbons (Fsp3) is 0. The van der Waals surface area contributed by atoms with Crippen LogP contribution in [0.4, 0.5) is 10.2 Å². The number of anilines is 1. The SMILES string of the molecule is O=C(Nc1ccc(F)cn1)c1ccccc1. The van der Waals surface area contributed by atoms with Gasteiger partial charge < -0.3 is 5.32 Å². The van der Waals surface area contributed by atoms with E-state index in [1.54, 1.807) is 24.3 Å². The molecule has 2 aromatic rings. The first-order valence-corrected chi connectivity index (χ1v) is 4.73. The van der Waals surface area contributed by atoms with Crippen molar-refractivity contribution in [3.63, 3.8) is 0 Å². The average Bonchev–Trinajstić information content (AvgIpc) is 2.33. The van der Waals surface area contributed by atoms with E-state index in [0.29, 0.717) is 11.4 Å². The Balaban J connectivity index is 2.11. The summed E-state index contributed by atoms with van der Waals surface area (Å²) in [6.07, 6.45) is 1.06. The second kappa shape index (κ2) is 4.53. The van der Waals surface area contributed by atoms with Gasteiger partial charge in [-0.05, 0) is 24.3 Å². The maximum absolute atomic E-state index is 12.6. The quantitative estimate of drug-likeness (QED) is 0.837. The average molecular weight is 216 g/mol. The highest BCUT2D eigenvalue weighted by molar-refractivity contribution is 6.03. The predicted molar refractivity (Wildman–Crippen MR) is 58.6 cm³/mol. The van der Waals surface area contributed by atoms with E-state index in [4.69, 9.17) is 0 Å². The second-order valence-electron chi connectivity index (χ2n) is 3.18. The van der Waals surface area contributed by atoms with Crippen molar-refractivity contribution < 1.29 is 9.18 Å². The number of carbonyl (C=O) groups excluding carboxylic acids is 1. The standard InChI is InChI=1S/C12H9FN2O/c13-10-6-7-11(14-8-10)15-12(16)9-4-2-1-3-5-9/h1-8H,(H,14,15,16). The van der Waals surface area contributed by atoms with E-state index in [1.165, 1.54) is 12.1 Å². The molecule has 16 heavy (non-hydrogen) atoms. The van der Waals surface area contributed by atoms with E-state index < -0.39 is 5.82 Å². The zero-order chi connectivity index (χ0) is 11.4. The van der Waals surface area contributed by atoms with Gasteiger partial charge in [-0.2, -0.15) is 0 Å². The summed E-state index contributed by atoms with van der Waals surface area (Å²) in [7, 11) is 0. The van der Waals surface area contributed by atoms with Crippen LogP contribution in [0.1, 0.15) is 10.4 Å². The van der Waals surface area contributed by atoms with Crippen LogP contribution >= 0.6 is 0 Å². The molecule has 0 fully saturated rings. The third-order valence-corrected chi connectivity index (χ3v) is 2.00. The first-order chi connectivity index (χ1) is 7.75. The highest BCUT2D eigenvalue weighted by Gasteiger charge is 2.05. The van der Waals surface area contributed by atoms with Gasteiger partial charge in [0.1, 0.15) is 11.6 Å². The molecule has 4 heteroatoms. The van der Waals surface area contributed by atoms with Crippen LogP contribution in [0, 0.1) is 5.82 Å². The molecule has 1 heterocycles. The lowest BCUT2D eigenvalue weighted by Crippen LogP contribution is -2.12. The molecule has 80 valence electrons. The van der Waals surface area contributed by atoms with Gasteiger partial charge in [0.15, 0.2) is 0 Å². The van der Waals surface area contributed by atoms with Crippen LogP contribution in [0.5, 0.6) is 0 Å². The van der Waals surface area contributed by atoms with Crippen LogP contribution in [-0.4, -0.2) is 10.9 Å². The molecule has 0 aliphatic rings. The lowest BCUT2D eigenvalue weighted by molar-refractivity contribution is 0.102. The summed E-state index contributed by atoms with van der Waals surface area (Å²) < 4.78 is 12.6. The van der Waals surface area contributed by atoms with Crippen molar-refractivity contribution in [1.82, 2.24) is 4.98 Å². The number of aromatic nitrogens is 1. The van der Waals surface area contributed by atoms with E-state index in [0.717, 1.165) is 6.20 Å². The Hall–Kier alpha value is -2.23. The summed E-state index contributed by atoms with van der Waals surface area (Å²) in [5, 5.41) is 2.57. The lowest BCUT2D eigenvalue weighted by Gasteiger charge is -2.03. The van der Waals surface area contributed by atoms with Crippen molar-refractivity contribution in [3.05, 3.63) is 60.0 Å². The predicted octanol–water partition coefficient (Wildman–Crippen LogP) is 2.47. The van der Waals surface area contributed by atoms with Crippen molar-refractivity contribution in [2.45, 2.75) is 0 Å². The summed E-state index contributed by atoms with van der Waals surface area (Å²) in [4.78, 5) is 15.4. The number of rotatable bonds is 2. The topological polar surface area (TPSA) is 42.0 Å². The van der Waals surface area contributed by atoms with Crippen molar-refractivity contribution in [3.8, 4) is 0 Å². The number of pyridine rings is 1. The molecule has 0 saturated heterocycles. The highest BCUT2D eigenvalue weighted by Crippen LogP contribution is 2.06. The molecule has 3 nitrogen and oxygen atoms in total. The number of hydrogen-bond donors (Lipinski definition) is 1. The number of nitrogens with one attached hydrogen (secondary N) is 1. The number of amides is 1. The number of hydrogen-bond acceptors (Lipinski definition) is 2. The van der Waals surface area contributed by atoms with Crippen molar-refractivity contribution in [2.75, 3.05) is 5.32 Å². The van der Waals surface area contributed by atoms with Crippen LogP contribution in [-0.2, 0) is 0 Å². The summed E-state index contributed by atoms with van der Waals surface area (Å²) in [5.74, 6) is -0.368. The van der Waals surface area contributed by atoms with Crippen LogP contribution in [0.25, 0.3) is 0 Å². The van der Waals surface area contributed by atoms with E-state index in [9.17, 15) is 9.18 Å². The molecule has 0 bridgehead atoms. The summed E-state index contributed by atoms with van der Waals surface area (Å²) in [6.45, 7) is 0. The summed E-state index contributed by atoms with van der Waals surface area (Å²) in [5.41, 5.74) is 0.536. The fourth-order valence-corrected chi connectivity index (χ4v) is 1.23. The zero-order valence-electron chi connectivity index (χ0n) is 8.35. The van der Waals surface area contributed by atoms with Crippen LogP contribution in [0.15, 0.2) is 48.7 Å². The molecule has 1 aromatic heterocycles. The minimum absolute atomic E-state index is 0.264. The van der Waals surface area contributed by atoms with E-state index in [1.807, 2.05) is 6.07 Å². The van der Waals surface area contributed by atoms with Gasteiger partial charge in [-0.1, -0.05) is 18.2 Å². The fourth-order valence-electron chi connectivity index (χ4n) is 1.23. The molecular weight excluding hydrogens is 207 g/mol. The molecule has 0 aliphatic heterocycles. The molecule has 0 radical (unpaired) electrons. The van der Waals surface area contributed by atoms with Gasteiger partial charge in [0.2, 0.25) is 0 Å². The van der Waals surface area contributed by atoms with Crippen molar-refractivity contribution in [1.29, 1.82) is 0 Å². The first-order valence-electron chi connectivity index (χ1n) is 4.73. The Bertz CT molecular complexity index is 482. The van der Waals surface area contributed by atoms with E-state index >= 15 is 0 Å². The van der Waals surface area contributed by atoms with Gasteiger partial charge >= 0.3 is 0 Å². The van der Waals surface area contributed by atoms with Crippen LogP contribution in [0.3, 0.4) is 0 Å². The lowest BCUT2D eigenvalue weighted by atomic mass is 10.2. The highest BCUT2D eigenvalue weighted by atomic mass is 19.1.